The molecule has 4 rings (SSSR count). The number of pyridine rings is 1. The topological polar surface area (TPSA) is 98.6 Å². The van der Waals surface area contributed by atoms with E-state index < -0.39 is 5.92 Å². The fraction of sp³-hybridized carbons (Fsp3) is 0.238. The number of ether oxygens (including phenoxy) is 2. The molecule has 1 unspecified atom stereocenters. The summed E-state index contributed by atoms with van der Waals surface area (Å²) in [5.74, 6) is 0.752. The zero-order chi connectivity index (χ0) is 21.1. The normalized spacial score (nSPS) is 15.9. The molecule has 1 saturated heterocycles. The maximum Gasteiger partial charge on any atom is 0.229 e. The number of rotatable bonds is 6. The van der Waals surface area contributed by atoms with Crippen molar-refractivity contribution in [1.29, 1.82) is 0 Å². The summed E-state index contributed by atoms with van der Waals surface area (Å²) in [7, 11) is 3.09. The first-order chi connectivity index (χ1) is 14.6. The Morgan fingerprint density at radius 1 is 1.13 bits per heavy atom. The number of nitrogens with one attached hydrogen (secondary N) is 1. The molecule has 0 bridgehead atoms. The summed E-state index contributed by atoms with van der Waals surface area (Å²) >= 11 is 0. The van der Waals surface area contributed by atoms with Crippen molar-refractivity contribution in [3.8, 4) is 17.3 Å². The van der Waals surface area contributed by atoms with Crippen molar-refractivity contribution >= 4 is 23.2 Å². The third kappa shape index (κ3) is 3.69. The quantitative estimate of drug-likeness (QED) is 0.673. The van der Waals surface area contributed by atoms with Crippen molar-refractivity contribution in [2.75, 3.05) is 31.0 Å². The molecule has 1 N–H and O–H groups in total. The van der Waals surface area contributed by atoms with Crippen LogP contribution in [0.5, 0.6) is 11.5 Å². The molecule has 154 valence electrons. The lowest BCUT2D eigenvalue weighted by Crippen LogP contribution is -2.28. The number of aromatic nitrogens is 3. The Morgan fingerprint density at radius 3 is 2.70 bits per heavy atom. The second-order valence-corrected chi connectivity index (χ2v) is 6.76. The second kappa shape index (κ2) is 8.24. The lowest BCUT2D eigenvalue weighted by atomic mass is 10.1. The predicted octanol–water partition coefficient (Wildman–Crippen LogP) is 2.28. The predicted molar refractivity (Wildman–Crippen MR) is 110 cm³/mol. The molecule has 3 aromatic rings. The van der Waals surface area contributed by atoms with Crippen LogP contribution in [0.15, 0.2) is 55.0 Å². The summed E-state index contributed by atoms with van der Waals surface area (Å²) in [4.78, 5) is 31.4. The Balaban J connectivity index is 1.51. The van der Waals surface area contributed by atoms with Gasteiger partial charge in [0.1, 0.15) is 0 Å². The maximum absolute atomic E-state index is 12.9. The number of carbonyl (C=O) groups is 2. The maximum atomic E-state index is 12.9. The first-order valence-electron chi connectivity index (χ1n) is 9.39. The highest BCUT2D eigenvalue weighted by atomic mass is 16.5. The number of nitrogens with zero attached hydrogens (tertiary/aromatic N) is 4. The summed E-state index contributed by atoms with van der Waals surface area (Å²) in [6.45, 7) is 0.275. The zero-order valence-corrected chi connectivity index (χ0v) is 16.6. The van der Waals surface area contributed by atoms with E-state index in [0.717, 1.165) is 0 Å². The third-order valence-corrected chi connectivity index (χ3v) is 4.94. The molecule has 1 aromatic carbocycles. The standard InChI is InChI=1S/C21H21N5O4/c1-29-17-7-6-15(12-18(17)30-2)25-13-14(11-19(25)27)21(28)24-16-5-3-8-22-20(16)26-10-4-9-23-26/h3-10,12,14H,11,13H2,1-2H3,(H,24,28). The molecular weight excluding hydrogens is 386 g/mol. The molecule has 9 heteroatoms. The fourth-order valence-electron chi connectivity index (χ4n) is 3.43. The van der Waals surface area contributed by atoms with E-state index in [2.05, 4.69) is 15.4 Å². The van der Waals surface area contributed by atoms with Gasteiger partial charge in [-0.3, -0.25) is 9.59 Å². The van der Waals surface area contributed by atoms with Gasteiger partial charge in [0, 0.05) is 43.3 Å². The van der Waals surface area contributed by atoms with Gasteiger partial charge in [0.05, 0.1) is 25.8 Å². The second-order valence-electron chi connectivity index (χ2n) is 6.76. The SMILES string of the molecule is COc1ccc(N2CC(C(=O)Nc3cccnc3-n3cccn3)CC2=O)cc1OC. The molecule has 1 fully saturated rings. The van der Waals surface area contributed by atoms with Gasteiger partial charge in [0.25, 0.3) is 0 Å². The number of benzene rings is 1. The van der Waals surface area contributed by atoms with Crippen molar-refractivity contribution < 1.29 is 19.1 Å². The molecule has 0 spiro atoms. The van der Waals surface area contributed by atoms with Crippen molar-refractivity contribution in [2.45, 2.75) is 6.42 Å². The van der Waals surface area contributed by atoms with E-state index in [1.165, 1.54) is 7.11 Å². The summed E-state index contributed by atoms with van der Waals surface area (Å²) in [6.07, 6.45) is 5.13. The highest BCUT2D eigenvalue weighted by Gasteiger charge is 2.35. The summed E-state index contributed by atoms with van der Waals surface area (Å²) in [6, 6.07) is 10.5. The minimum absolute atomic E-state index is 0.123. The van der Waals surface area contributed by atoms with E-state index >= 15 is 0 Å². The molecule has 30 heavy (non-hydrogen) atoms. The zero-order valence-electron chi connectivity index (χ0n) is 16.6. The number of methoxy groups -OCH3 is 2. The molecule has 2 aromatic heterocycles. The third-order valence-electron chi connectivity index (χ3n) is 4.94. The minimum Gasteiger partial charge on any atom is -0.493 e. The number of carbonyl (C=O) groups excluding carboxylic acids is 2. The molecule has 1 aliphatic rings. The van der Waals surface area contributed by atoms with Gasteiger partial charge in [0.15, 0.2) is 17.3 Å². The molecule has 3 heterocycles. The Morgan fingerprint density at radius 2 is 1.97 bits per heavy atom. The Hall–Kier alpha value is -3.88. The van der Waals surface area contributed by atoms with Crippen LogP contribution < -0.4 is 19.7 Å². The molecule has 1 aliphatic heterocycles. The van der Waals surface area contributed by atoms with Crippen molar-refractivity contribution in [3.05, 3.63) is 55.0 Å². The smallest absolute Gasteiger partial charge is 0.229 e. The molecule has 0 radical (unpaired) electrons. The first-order valence-corrected chi connectivity index (χ1v) is 9.39. The van der Waals surface area contributed by atoms with E-state index in [9.17, 15) is 9.59 Å². The van der Waals surface area contributed by atoms with Crippen LogP contribution in [-0.2, 0) is 9.59 Å². The largest absolute Gasteiger partial charge is 0.493 e. The van der Waals surface area contributed by atoms with Crippen molar-refractivity contribution in [3.63, 3.8) is 0 Å². The van der Waals surface area contributed by atoms with Crippen molar-refractivity contribution in [2.24, 2.45) is 5.92 Å². The van der Waals surface area contributed by atoms with Gasteiger partial charge in [0.2, 0.25) is 11.8 Å². The van der Waals surface area contributed by atoms with E-state index in [0.29, 0.717) is 28.7 Å². The Labute approximate surface area is 173 Å². The molecular formula is C21H21N5O4. The summed E-state index contributed by atoms with van der Waals surface area (Å²) in [5, 5.41) is 7.05. The van der Waals surface area contributed by atoms with Crippen LogP contribution in [0.2, 0.25) is 0 Å². The van der Waals surface area contributed by atoms with Crippen molar-refractivity contribution in [1.82, 2.24) is 14.8 Å². The van der Waals surface area contributed by atoms with Gasteiger partial charge in [-0.05, 0) is 30.3 Å². The lowest BCUT2D eigenvalue weighted by molar-refractivity contribution is -0.122. The average molecular weight is 407 g/mol. The van der Waals surface area contributed by atoms with Gasteiger partial charge >= 0.3 is 0 Å². The van der Waals surface area contributed by atoms with Gasteiger partial charge in [-0.25, -0.2) is 9.67 Å². The van der Waals surface area contributed by atoms with Crippen LogP contribution in [0.1, 0.15) is 6.42 Å². The van der Waals surface area contributed by atoms with Gasteiger partial charge in [-0.15, -0.1) is 0 Å². The van der Waals surface area contributed by atoms with E-state index in [-0.39, 0.29) is 24.8 Å². The summed E-state index contributed by atoms with van der Waals surface area (Å²) in [5.41, 5.74) is 1.19. The Bertz CT molecular complexity index is 1070. The minimum atomic E-state index is -0.490. The van der Waals surface area contributed by atoms with Crippen LogP contribution in [-0.4, -0.2) is 47.3 Å². The molecule has 0 aliphatic carbocycles. The van der Waals surface area contributed by atoms with E-state index in [1.54, 1.807) is 71.7 Å². The van der Waals surface area contributed by atoms with Gasteiger partial charge in [-0.2, -0.15) is 5.10 Å². The number of anilines is 2. The lowest BCUT2D eigenvalue weighted by Gasteiger charge is -2.19. The highest BCUT2D eigenvalue weighted by molar-refractivity contribution is 6.04. The van der Waals surface area contributed by atoms with Crippen LogP contribution in [0.25, 0.3) is 5.82 Å². The average Bonchev–Trinajstić information content (AvgIpc) is 3.43. The van der Waals surface area contributed by atoms with E-state index in [1.807, 2.05) is 0 Å². The highest BCUT2D eigenvalue weighted by Crippen LogP contribution is 2.34. The summed E-state index contributed by atoms with van der Waals surface area (Å²) < 4.78 is 12.1. The van der Waals surface area contributed by atoms with Crippen LogP contribution in [0.3, 0.4) is 0 Å². The molecule has 1 atom stereocenters. The first kappa shape index (κ1) is 19.4. The van der Waals surface area contributed by atoms with Gasteiger partial charge in [-0.1, -0.05) is 0 Å². The molecule has 2 amide bonds. The van der Waals surface area contributed by atoms with Crippen LogP contribution in [0, 0.1) is 5.92 Å². The van der Waals surface area contributed by atoms with Crippen LogP contribution in [0.4, 0.5) is 11.4 Å². The number of hydrogen-bond donors (Lipinski definition) is 1. The van der Waals surface area contributed by atoms with E-state index in [4.69, 9.17) is 9.47 Å². The Kier molecular flexibility index (Phi) is 5.34. The van der Waals surface area contributed by atoms with Crippen LogP contribution >= 0.6 is 0 Å². The monoisotopic (exact) mass is 407 g/mol. The van der Waals surface area contributed by atoms with Gasteiger partial charge < -0.3 is 19.7 Å². The molecule has 0 saturated carbocycles. The fourth-order valence-corrected chi connectivity index (χ4v) is 3.43. The number of amides is 2. The molecule has 9 nitrogen and oxygen atoms in total. The number of hydrogen-bond acceptors (Lipinski definition) is 6.